The molecule has 7 aromatic carbocycles. The SMILES string of the molecule is Cc1ccc(C2(c3ccc(C)cc3)c3cc4c(cc3-c3ccc5sc(-c6nc7scnc7s6)cc5c32)C(c2ccc(C)cc2)(c2ccc(C)cc2)c2c-4ccc3sc(-c4nc5scnc5s4)cc23)cc1. The molecule has 0 atom stereocenters. The van der Waals surface area contributed by atoms with E-state index >= 15 is 0 Å². The minimum atomic E-state index is -0.645. The van der Waals surface area contributed by atoms with Crippen molar-refractivity contribution < 1.29 is 0 Å². The van der Waals surface area contributed by atoms with Gasteiger partial charge in [-0.1, -0.05) is 154 Å². The van der Waals surface area contributed by atoms with Crippen LogP contribution in [-0.4, -0.2) is 19.9 Å². The summed E-state index contributed by atoms with van der Waals surface area (Å²) in [4.78, 5) is 25.9. The first-order valence-electron chi connectivity index (χ1n) is 23.3. The molecule has 0 radical (unpaired) electrons. The van der Waals surface area contributed by atoms with Gasteiger partial charge in [-0.15, -0.1) is 45.3 Å². The molecule has 10 heteroatoms. The van der Waals surface area contributed by atoms with Crippen LogP contribution in [0.2, 0.25) is 0 Å². The second-order valence-corrected chi connectivity index (χ2v) is 24.7. The summed E-state index contributed by atoms with van der Waals surface area (Å²) in [5.41, 5.74) is 22.9. The third kappa shape index (κ3) is 5.66. The lowest BCUT2D eigenvalue weighted by atomic mass is 9.65. The van der Waals surface area contributed by atoms with Crippen molar-refractivity contribution in [1.29, 1.82) is 0 Å². The Balaban J connectivity index is 1.08. The van der Waals surface area contributed by atoms with Crippen LogP contribution in [0.5, 0.6) is 0 Å². The lowest BCUT2D eigenvalue weighted by Gasteiger charge is -2.36. The molecular weight excluding hydrogens is 969 g/mol. The van der Waals surface area contributed by atoms with E-state index in [0.717, 1.165) is 29.3 Å². The summed E-state index contributed by atoms with van der Waals surface area (Å²) in [7, 11) is 0. The highest BCUT2D eigenvalue weighted by atomic mass is 32.1. The second-order valence-electron chi connectivity index (χ2n) is 18.9. The van der Waals surface area contributed by atoms with Crippen molar-refractivity contribution >= 4 is 108 Å². The van der Waals surface area contributed by atoms with Crippen LogP contribution >= 0.6 is 68.0 Å². The van der Waals surface area contributed by atoms with Crippen LogP contribution in [0.4, 0.5) is 0 Å². The minimum Gasteiger partial charge on any atom is -0.232 e. The van der Waals surface area contributed by atoms with Gasteiger partial charge in [-0.05, 0) is 142 Å². The molecule has 6 heterocycles. The Kier molecular flexibility index (Phi) is 8.85. The molecule has 0 aliphatic heterocycles. The normalized spacial score (nSPS) is 14.2. The van der Waals surface area contributed by atoms with Gasteiger partial charge in [0.05, 0.1) is 31.6 Å². The molecule has 2 aliphatic carbocycles. The number of thiazole rings is 4. The molecule has 15 rings (SSSR count). The lowest BCUT2D eigenvalue weighted by molar-refractivity contribution is 0.764. The number of hydrogen-bond donors (Lipinski definition) is 0. The number of aromatic nitrogens is 4. The quantitative estimate of drug-likeness (QED) is 0.167. The number of benzene rings is 7. The largest absolute Gasteiger partial charge is 0.232 e. The van der Waals surface area contributed by atoms with Gasteiger partial charge in [-0.3, -0.25) is 0 Å². The number of nitrogens with zero attached hydrogens (tertiary/aromatic N) is 4. The first kappa shape index (κ1) is 41.3. The third-order valence-electron chi connectivity index (χ3n) is 14.9. The van der Waals surface area contributed by atoms with E-state index < -0.39 is 10.8 Å². The molecule has 2 aliphatic rings. The molecule has 0 N–H and O–H groups in total. The zero-order chi connectivity index (χ0) is 46.6. The zero-order valence-corrected chi connectivity index (χ0v) is 43.1. The van der Waals surface area contributed by atoms with Gasteiger partial charge in [0, 0.05) is 9.40 Å². The molecule has 0 bridgehead atoms. The Hall–Kier alpha value is -6.50. The number of rotatable bonds is 6. The molecule has 13 aromatic rings. The summed E-state index contributed by atoms with van der Waals surface area (Å²) >= 11 is 10.3. The van der Waals surface area contributed by atoms with E-state index in [1.54, 1.807) is 45.3 Å². The lowest BCUT2D eigenvalue weighted by Crippen LogP contribution is -2.30. The van der Waals surface area contributed by atoms with Gasteiger partial charge in [0.25, 0.3) is 0 Å². The highest BCUT2D eigenvalue weighted by Gasteiger charge is 2.53. The first-order valence-corrected chi connectivity index (χ1v) is 28.3. The van der Waals surface area contributed by atoms with E-state index in [9.17, 15) is 0 Å². The van der Waals surface area contributed by atoms with Gasteiger partial charge in [0.2, 0.25) is 0 Å². The second kappa shape index (κ2) is 15.0. The van der Waals surface area contributed by atoms with Gasteiger partial charge in [-0.25, -0.2) is 19.9 Å². The van der Waals surface area contributed by atoms with E-state index in [4.69, 9.17) is 9.97 Å². The Morgan fingerprint density at radius 2 is 0.714 bits per heavy atom. The van der Waals surface area contributed by atoms with Crippen LogP contribution in [0.1, 0.15) is 66.8 Å². The van der Waals surface area contributed by atoms with Crippen molar-refractivity contribution in [2.45, 2.75) is 38.5 Å². The Morgan fingerprint density at radius 3 is 1.06 bits per heavy atom. The molecule has 0 spiro atoms. The van der Waals surface area contributed by atoms with Crippen LogP contribution < -0.4 is 0 Å². The summed E-state index contributed by atoms with van der Waals surface area (Å²) in [5, 5.41) is 4.61. The molecule has 0 saturated carbocycles. The number of hydrogen-bond acceptors (Lipinski definition) is 10. The molecule has 0 saturated heterocycles. The van der Waals surface area contributed by atoms with Gasteiger partial charge >= 0.3 is 0 Å². The summed E-state index contributed by atoms with van der Waals surface area (Å²) in [5.74, 6) is 0. The molecule has 334 valence electrons. The van der Waals surface area contributed by atoms with E-state index in [1.165, 1.54) is 119 Å². The fourth-order valence-electron chi connectivity index (χ4n) is 11.7. The molecule has 4 nitrogen and oxygen atoms in total. The van der Waals surface area contributed by atoms with Gasteiger partial charge < -0.3 is 0 Å². The zero-order valence-electron chi connectivity index (χ0n) is 38.2. The number of fused-ring (bicyclic) bond motifs is 12. The average molecular weight is 1010 g/mol. The smallest absolute Gasteiger partial charge is 0.155 e. The van der Waals surface area contributed by atoms with E-state index in [2.05, 4.69) is 183 Å². The van der Waals surface area contributed by atoms with Gasteiger partial charge in [-0.2, -0.15) is 0 Å². The number of aryl methyl sites for hydroxylation is 4. The van der Waals surface area contributed by atoms with Crippen LogP contribution in [0.25, 0.3) is 81.5 Å². The average Bonchev–Trinajstić information content (AvgIpc) is 4.24. The molecule has 0 amide bonds. The molecule has 6 aromatic heterocycles. The summed E-state index contributed by atoms with van der Waals surface area (Å²) in [6.07, 6.45) is 0. The van der Waals surface area contributed by atoms with E-state index in [-0.39, 0.29) is 0 Å². The number of thiophene rings is 2. The Labute approximate surface area is 428 Å². The summed E-state index contributed by atoms with van der Waals surface area (Å²) in [6, 6.07) is 57.2. The van der Waals surface area contributed by atoms with Gasteiger partial charge in [0.15, 0.2) is 19.3 Å². The highest BCUT2D eigenvalue weighted by molar-refractivity contribution is 7.31. The van der Waals surface area contributed by atoms with Crippen LogP contribution in [0.3, 0.4) is 0 Å². The third-order valence-corrected chi connectivity index (χ3v) is 21.0. The molecular formula is C60H38N4S6. The van der Waals surface area contributed by atoms with Gasteiger partial charge in [0.1, 0.15) is 10.0 Å². The van der Waals surface area contributed by atoms with E-state index in [1.807, 2.05) is 33.7 Å². The van der Waals surface area contributed by atoms with Crippen molar-refractivity contribution in [3.63, 3.8) is 0 Å². The molecule has 0 fully saturated rings. The fraction of sp³-hybridized carbons (Fsp3) is 0.100. The summed E-state index contributed by atoms with van der Waals surface area (Å²) in [6.45, 7) is 8.78. The predicted octanol–water partition coefficient (Wildman–Crippen LogP) is 17.5. The molecule has 70 heavy (non-hydrogen) atoms. The maximum atomic E-state index is 5.12. The topological polar surface area (TPSA) is 51.6 Å². The predicted molar refractivity (Wildman–Crippen MR) is 299 cm³/mol. The van der Waals surface area contributed by atoms with Crippen molar-refractivity contribution in [3.05, 3.63) is 223 Å². The summed E-state index contributed by atoms with van der Waals surface area (Å²) < 4.78 is 2.52. The van der Waals surface area contributed by atoms with Crippen molar-refractivity contribution in [2.24, 2.45) is 0 Å². The maximum absolute atomic E-state index is 5.12. The van der Waals surface area contributed by atoms with Crippen LogP contribution in [0, 0.1) is 27.7 Å². The fourth-order valence-corrected chi connectivity index (χ4v) is 17.5. The van der Waals surface area contributed by atoms with Crippen molar-refractivity contribution in [3.8, 4) is 42.0 Å². The van der Waals surface area contributed by atoms with Crippen molar-refractivity contribution in [1.82, 2.24) is 19.9 Å². The van der Waals surface area contributed by atoms with Crippen LogP contribution in [-0.2, 0) is 10.8 Å². The highest BCUT2D eigenvalue weighted by Crippen LogP contribution is 2.65. The monoisotopic (exact) mass is 1010 g/mol. The standard InChI is InChI=1S/C60H38N4S6/c1-31-5-13-35(14-6-31)59(36-15-7-32(2)8-16-36)45-25-42-40-22-24-48-44(28-50(68-48)54-64-58-56(70-54)62-30-66-58)52(40)60(37-17-9-33(3)10-18-37,38-19-11-34(4)12-20-38)46(42)26-41(45)39-21-23-47-43(51(39)59)27-49(67-47)53-63-57-55(69-53)61-29-65-57/h5-30H,1-4H3. The Bertz CT molecular complexity index is 3850. The minimum absolute atomic E-state index is 0.645. The van der Waals surface area contributed by atoms with Crippen LogP contribution in [0.15, 0.2) is 157 Å². The maximum Gasteiger partial charge on any atom is 0.155 e. The van der Waals surface area contributed by atoms with Crippen molar-refractivity contribution in [2.75, 3.05) is 0 Å². The molecule has 0 unspecified atom stereocenters. The Morgan fingerprint density at radius 1 is 0.357 bits per heavy atom. The first-order chi connectivity index (χ1) is 34.2. The van der Waals surface area contributed by atoms with E-state index in [0.29, 0.717) is 0 Å².